The Balaban J connectivity index is 1.02. The lowest BCUT2D eigenvalue weighted by Gasteiger charge is -2.26. The van der Waals surface area contributed by atoms with E-state index >= 15 is 0 Å². The van der Waals surface area contributed by atoms with Crippen LogP contribution < -0.4 is 14.5 Å². The summed E-state index contributed by atoms with van der Waals surface area (Å²) in [6, 6.07) is 71.7. The largest absolute Gasteiger partial charge is 0.455 e. The van der Waals surface area contributed by atoms with E-state index in [0.717, 1.165) is 77.7 Å². The van der Waals surface area contributed by atoms with Gasteiger partial charge in [0, 0.05) is 34.1 Å². The van der Waals surface area contributed by atoms with Crippen LogP contribution in [0.1, 0.15) is 6.92 Å². The molecule has 0 spiro atoms. The van der Waals surface area contributed by atoms with Gasteiger partial charge in [-0.05, 0) is 126 Å². The molecule has 1 aliphatic heterocycles. The number of rotatable bonds is 8. The summed E-state index contributed by atoms with van der Waals surface area (Å²) < 4.78 is 6.70. The maximum absolute atomic E-state index is 11.0. The molecule has 0 aliphatic carbocycles. The van der Waals surface area contributed by atoms with Crippen molar-refractivity contribution < 1.29 is 9.84 Å². The minimum Gasteiger partial charge on any atom is -0.455 e. The first-order chi connectivity index (χ1) is 27.1. The van der Waals surface area contributed by atoms with Gasteiger partial charge in [0.25, 0.3) is 0 Å². The minimum absolute atomic E-state index is 0.365. The van der Waals surface area contributed by atoms with Crippen LogP contribution in [0.3, 0.4) is 0 Å². The van der Waals surface area contributed by atoms with Crippen molar-refractivity contribution in [2.45, 2.75) is 16.7 Å². The van der Waals surface area contributed by atoms with Gasteiger partial charge in [-0.1, -0.05) is 120 Å². The van der Waals surface area contributed by atoms with E-state index in [4.69, 9.17) is 4.74 Å². The second-order valence-corrected chi connectivity index (χ2v) is 15.4. The molecule has 0 bridgehead atoms. The summed E-state index contributed by atoms with van der Waals surface area (Å²) in [7, 11) is -0.646. The molecule has 266 valence electrons. The Morgan fingerprint density at radius 1 is 0.382 bits per heavy atom. The Hall–Kier alpha value is -6.66. The van der Waals surface area contributed by atoms with Crippen molar-refractivity contribution in [1.82, 2.24) is 0 Å². The number of aliphatic hydroxyl groups is 1. The Morgan fingerprint density at radius 3 is 0.982 bits per heavy atom. The monoisotopic (exact) mass is 730 g/mol. The molecule has 0 aromatic heterocycles. The second kappa shape index (κ2) is 15.0. The molecular weight excluding hydrogens is 693 g/mol. The molecule has 9 rings (SSSR count). The number of nitrogens with zero attached hydrogens (tertiary/aromatic N) is 2. The first kappa shape index (κ1) is 34.1. The fourth-order valence-corrected chi connectivity index (χ4v) is 9.12. The zero-order valence-corrected chi connectivity index (χ0v) is 31.1. The average Bonchev–Trinajstić information content (AvgIpc) is 3.24. The van der Waals surface area contributed by atoms with Gasteiger partial charge in [-0.3, -0.25) is 0 Å². The Bertz CT molecular complexity index is 2350. The summed E-state index contributed by atoms with van der Waals surface area (Å²) in [6.45, 7) is 1.79. The highest BCUT2D eigenvalue weighted by Gasteiger charge is 2.24. The van der Waals surface area contributed by atoms with E-state index in [0.29, 0.717) is 5.05 Å². The molecule has 8 aromatic carbocycles. The molecule has 0 fully saturated rings. The number of anilines is 6. The van der Waals surface area contributed by atoms with Crippen molar-refractivity contribution in [2.75, 3.05) is 9.80 Å². The molecule has 0 saturated heterocycles. The number of benzene rings is 8. The Morgan fingerprint density at radius 2 is 0.673 bits per heavy atom. The molecule has 1 heterocycles. The van der Waals surface area contributed by atoms with Gasteiger partial charge in [-0.2, -0.15) is 0 Å². The smallest absolute Gasteiger partial charge is 0.141 e. The molecule has 4 nitrogen and oxygen atoms in total. The first-order valence-electron chi connectivity index (χ1n) is 18.3. The van der Waals surface area contributed by atoms with E-state index in [1.54, 1.807) is 6.92 Å². The predicted molar refractivity (Wildman–Crippen MR) is 231 cm³/mol. The van der Waals surface area contributed by atoms with Crippen LogP contribution in [-0.4, -0.2) is 10.2 Å². The van der Waals surface area contributed by atoms with Crippen molar-refractivity contribution in [1.29, 1.82) is 0 Å². The number of hydrogen-bond acceptors (Lipinski definition) is 3. The van der Waals surface area contributed by atoms with Crippen molar-refractivity contribution in [3.63, 3.8) is 0 Å². The third-order valence-electron chi connectivity index (χ3n) is 9.82. The van der Waals surface area contributed by atoms with Gasteiger partial charge in [0.2, 0.25) is 0 Å². The van der Waals surface area contributed by atoms with Crippen LogP contribution in [0.4, 0.5) is 34.1 Å². The zero-order valence-electron chi connectivity index (χ0n) is 30.3. The summed E-state index contributed by atoms with van der Waals surface area (Å²) in [5, 5.41) is 11.4. The molecule has 0 unspecified atom stereocenters. The molecule has 8 aromatic rings. The minimum atomic E-state index is -0.646. The van der Waals surface area contributed by atoms with Gasteiger partial charge in [0.05, 0.1) is 14.8 Å². The van der Waals surface area contributed by atoms with E-state index in [1.807, 2.05) is 24.3 Å². The summed E-state index contributed by atoms with van der Waals surface area (Å²) in [6.07, 6.45) is 0. The van der Waals surface area contributed by atoms with Gasteiger partial charge in [0.15, 0.2) is 0 Å². The van der Waals surface area contributed by atoms with Crippen LogP contribution in [0.15, 0.2) is 216 Å². The lowest BCUT2D eigenvalue weighted by molar-refractivity contribution is 0.454. The topological polar surface area (TPSA) is 35.9 Å². The van der Waals surface area contributed by atoms with Crippen molar-refractivity contribution in [3.8, 4) is 33.8 Å². The van der Waals surface area contributed by atoms with Gasteiger partial charge in [-0.15, -0.1) is 0 Å². The zero-order chi connectivity index (χ0) is 37.1. The maximum Gasteiger partial charge on any atom is 0.141 e. The van der Waals surface area contributed by atoms with Crippen LogP contribution in [0.2, 0.25) is 0 Å². The van der Waals surface area contributed by atoms with Crippen LogP contribution in [0, 0.1) is 0 Å². The van der Waals surface area contributed by atoms with Crippen molar-refractivity contribution in [3.05, 3.63) is 206 Å². The van der Waals surface area contributed by atoms with Crippen LogP contribution in [-0.2, 0) is 0 Å². The highest BCUT2D eigenvalue weighted by atomic mass is 32.2. The predicted octanol–water partition coefficient (Wildman–Crippen LogP) is 14.5. The highest BCUT2D eigenvalue weighted by Crippen LogP contribution is 2.54. The Labute approximate surface area is 324 Å². The highest BCUT2D eigenvalue weighted by molar-refractivity contribution is 8.16. The van der Waals surface area contributed by atoms with Gasteiger partial charge >= 0.3 is 0 Å². The molecule has 0 atom stereocenters. The summed E-state index contributed by atoms with van der Waals surface area (Å²) in [5.74, 6) is 1.52. The van der Waals surface area contributed by atoms with E-state index < -0.39 is 10.5 Å². The number of hydrogen-bond donors (Lipinski definition) is 1. The first-order valence-corrected chi connectivity index (χ1v) is 19.6. The summed E-state index contributed by atoms with van der Waals surface area (Å²) >= 11 is 0. The standard InChI is InChI=1S/C50H38N2O2S/c1-36(53)55-49-32-26-39(37-22-28-45(29-23-37)51(41-14-6-2-7-15-41)42-16-8-3-9-17-42)34-47(49)54-48-35-40(27-33-50(48)55)38-24-30-46(31-25-38)52(43-18-10-4-11-19-43)44-20-12-5-13-21-44/h2-35,53H,1H3. The molecule has 1 aliphatic rings. The third kappa shape index (κ3) is 6.83. The fourth-order valence-electron chi connectivity index (χ4n) is 7.24. The average molecular weight is 731 g/mol. The van der Waals surface area contributed by atoms with E-state index in [1.165, 1.54) is 0 Å². The molecule has 5 heteroatoms. The van der Waals surface area contributed by atoms with Crippen LogP contribution in [0.25, 0.3) is 22.3 Å². The van der Waals surface area contributed by atoms with Gasteiger partial charge in [0.1, 0.15) is 11.5 Å². The third-order valence-corrected chi connectivity index (χ3v) is 12.0. The van der Waals surface area contributed by atoms with Crippen LogP contribution >= 0.6 is 10.5 Å². The van der Waals surface area contributed by atoms with E-state index in [2.05, 4.69) is 192 Å². The molecule has 0 saturated carbocycles. The number of fused-ring (bicyclic) bond motifs is 2. The number of ether oxygens (including phenoxy) is 1. The van der Waals surface area contributed by atoms with E-state index in [-0.39, 0.29) is 0 Å². The van der Waals surface area contributed by atoms with E-state index in [9.17, 15) is 5.11 Å². The quantitative estimate of drug-likeness (QED) is 0.158. The van der Waals surface area contributed by atoms with Crippen molar-refractivity contribution >= 4 is 49.7 Å². The van der Waals surface area contributed by atoms with Gasteiger partial charge in [-0.25, -0.2) is 0 Å². The lowest BCUT2D eigenvalue weighted by atomic mass is 10.0. The molecular formula is C50H38N2O2S. The van der Waals surface area contributed by atoms with Crippen molar-refractivity contribution in [2.24, 2.45) is 0 Å². The van der Waals surface area contributed by atoms with Gasteiger partial charge < -0.3 is 19.6 Å². The number of para-hydroxylation sites is 4. The molecule has 0 amide bonds. The fraction of sp³-hybridized carbons (Fsp3) is 0.0200. The molecule has 55 heavy (non-hydrogen) atoms. The lowest BCUT2D eigenvalue weighted by Crippen LogP contribution is -2.09. The summed E-state index contributed by atoms with van der Waals surface area (Å²) in [5.41, 5.74) is 10.8. The molecule has 0 radical (unpaired) electrons. The maximum atomic E-state index is 11.0. The molecule has 1 N–H and O–H groups in total. The normalized spacial score (nSPS) is 11.9. The van der Waals surface area contributed by atoms with Crippen LogP contribution in [0.5, 0.6) is 11.5 Å². The summed E-state index contributed by atoms with van der Waals surface area (Å²) in [4.78, 5) is 6.48. The SMILES string of the molecule is CC(O)=S1c2ccc(-c3ccc(N(c4ccccc4)c4ccccc4)cc3)cc2Oc2cc(-c3ccc(N(c4ccccc4)c4ccccc4)cc3)ccc21. The second-order valence-electron chi connectivity index (χ2n) is 13.4. The number of aliphatic hydroxyl groups excluding tert-OH is 1. The Kier molecular flexibility index (Phi) is 9.30.